The molecule has 0 spiro atoms. The quantitative estimate of drug-likeness (QED) is 0.647. The van der Waals surface area contributed by atoms with E-state index in [0.29, 0.717) is 17.4 Å². The molecule has 2 atom stereocenters. The van der Waals surface area contributed by atoms with E-state index in [1.807, 2.05) is 16.8 Å². The number of para-hydroxylation sites is 1. The molecule has 1 amide bonds. The highest BCUT2D eigenvalue weighted by Crippen LogP contribution is 2.34. The van der Waals surface area contributed by atoms with Gasteiger partial charge in [-0.15, -0.1) is 0 Å². The van der Waals surface area contributed by atoms with E-state index >= 15 is 0 Å². The minimum atomic E-state index is -0.639. The first-order chi connectivity index (χ1) is 14.0. The van der Waals surface area contributed by atoms with Crippen molar-refractivity contribution in [3.63, 3.8) is 0 Å². The predicted octanol–water partition coefficient (Wildman–Crippen LogP) is 1.17. The summed E-state index contributed by atoms with van der Waals surface area (Å²) < 4.78 is 5.81. The molecule has 0 radical (unpaired) electrons. The Kier molecular flexibility index (Phi) is 5.06. The molecule has 0 aliphatic carbocycles. The molecule has 1 saturated heterocycles. The zero-order valence-corrected chi connectivity index (χ0v) is 16.5. The second kappa shape index (κ2) is 7.67. The van der Waals surface area contributed by atoms with Gasteiger partial charge in [-0.3, -0.25) is 19.0 Å². The van der Waals surface area contributed by atoms with Crippen LogP contribution in [0.3, 0.4) is 0 Å². The van der Waals surface area contributed by atoms with Crippen LogP contribution in [0.1, 0.15) is 11.5 Å². The van der Waals surface area contributed by atoms with Crippen LogP contribution in [-0.4, -0.2) is 46.5 Å². The van der Waals surface area contributed by atoms with Crippen molar-refractivity contribution in [3.8, 4) is 0 Å². The number of esters is 1. The minimum absolute atomic E-state index is 0.177. The van der Waals surface area contributed by atoms with Gasteiger partial charge in [-0.2, -0.15) is 11.3 Å². The summed E-state index contributed by atoms with van der Waals surface area (Å²) in [6, 6.07) is 8.58. The number of aromatic nitrogens is 2. The molecule has 4 rings (SSSR count). The van der Waals surface area contributed by atoms with Crippen LogP contribution < -0.4 is 11.2 Å². The lowest BCUT2D eigenvalue weighted by Gasteiger charge is -2.16. The molecule has 3 heterocycles. The molecule has 29 heavy (non-hydrogen) atoms. The molecule has 1 aliphatic heterocycles. The van der Waals surface area contributed by atoms with Gasteiger partial charge in [0, 0.05) is 19.0 Å². The average Bonchev–Trinajstić information content (AvgIpc) is 3.40. The van der Waals surface area contributed by atoms with Gasteiger partial charge in [-0.25, -0.2) is 4.79 Å². The molecule has 8 nitrogen and oxygen atoms in total. The molecule has 9 heteroatoms. The fourth-order valence-electron chi connectivity index (χ4n) is 3.80. The third-order valence-corrected chi connectivity index (χ3v) is 6.03. The highest BCUT2D eigenvalue weighted by Gasteiger charge is 2.41. The second-order valence-corrected chi connectivity index (χ2v) is 7.74. The summed E-state index contributed by atoms with van der Waals surface area (Å²) in [5.74, 6) is -1.42. The Labute approximate surface area is 169 Å². The van der Waals surface area contributed by atoms with E-state index < -0.39 is 17.2 Å². The van der Waals surface area contributed by atoms with Gasteiger partial charge in [0.05, 0.1) is 23.9 Å². The van der Waals surface area contributed by atoms with E-state index in [9.17, 15) is 19.2 Å². The van der Waals surface area contributed by atoms with Crippen molar-refractivity contribution in [2.75, 3.05) is 20.2 Å². The fourth-order valence-corrected chi connectivity index (χ4v) is 4.52. The van der Waals surface area contributed by atoms with Gasteiger partial charge in [0.1, 0.15) is 6.54 Å². The summed E-state index contributed by atoms with van der Waals surface area (Å²) in [6.45, 7) is 0.130. The van der Waals surface area contributed by atoms with Crippen molar-refractivity contribution in [1.29, 1.82) is 0 Å². The molecule has 3 aromatic rings. The molecule has 0 bridgehead atoms. The van der Waals surface area contributed by atoms with Gasteiger partial charge in [0.25, 0.3) is 5.56 Å². The van der Waals surface area contributed by atoms with Crippen LogP contribution in [0.2, 0.25) is 0 Å². The number of nitrogens with one attached hydrogen (secondary N) is 1. The molecule has 1 N–H and O–H groups in total. The van der Waals surface area contributed by atoms with E-state index in [0.717, 1.165) is 10.1 Å². The SMILES string of the molecule is COC(=O)[C@H]1CN(C(=O)Cn2c(=O)[nH]c3ccccc3c2=O)C[C@@H]1c1ccsc1. The maximum absolute atomic E-state index is 12.9. The number of carbonyl (C=O) groups excluding carboxylic acids is 2. The zero-order valence-electron chi connectivity index (χ0n) is 15.7. The Hall–Kier alpha value is -3.20. The lowest BCUT2D eigenvalue weighted by atomic mass is 9.91. The van der Waals surface area contributed by atoms with Crippen molar-refractivity contribution >= 4 is 34.1 Å². The van der Waals surface area contributed by atoms with Crippen LogP contribution in [0.15, 0.2) is 50.7 Å². The molecule has 1 aliphatic rings. The molecule has 0 saturated carbocycles. The first-order valence-electron chi connectivity index (χ1n) is 9.09. The third-order valence-electron chi connectivity index (χ3n) is 5.33. The molecular weight excluding hydrogens is 394 g/mol. The first kappa shape index (κ1) is 19.1. The monoisotopic (exact) mass is 413 g/mol. The third kappa shape index (κ3) is 3.49. The van der Waals surface area contributed by atoms with Crippen LogP contribution in [0, 0.1) is 5.92 Å². The van der Waals surface area contributed by atoms with Crippen molar-refractivity contribution in [3.05, 3.63) is 67.5 Å². The maximum atomic E-state index is 12.9. The smallest absolute Gasteiger partial charge is 0.329 e. The van der Waals surface area contributed by atoms with E-state index in [2.05, 4.69) is 4.98 Å². The number of methoxy groups -OCH3 is 1. The van der Waals surface area contributed by atoms with E-state index in [1.165, 1.54) is 23.3 Å². The van der Waals surface area contributed by atoms with Crippen LogP contribution in [0.5, 0.6) is 0 Å². The average molecular weight is 413 g/mol. The first-order valence-corrected chi connectivity index (χ1v) is 10.0. The highest BCUT2D eigenvalue weighted by atomic mass is 32.1. The lowest BCUT2D eigenvalue weighted by Crippen LogP contribution is -2.42. The van der Waals surface area contributed by atoms with E-state index in [4.69, 9.17) is 4.74 Å². The Morgan fingerprint density at radius 3 is 2.72 bits per heavy atom. The molecule has 1 aromatic carbocycles. The van der Waals surface area contributed by atoms with Crippen LogP contribution in [0.25, 0.3) is 10.9 Å². The zero-order chi connectivity index (χ0) is 20.5. The molecule has 2 aromatic heterocycles. The number of rotatable bonds is 4. The Morgan fingerprint density at radius 2 is 2.00 bits per heavy atom. The molecule has 1 fully saturated rings. The summed E-state index contributed by atoms with van der Waals surface area (Å²) in [5, 5.41) is 4.21. The number of carbonyl (C=O) groups is 2. The Balaban J connectivity index is 1.61. The number of hydrogen-bond acceptors (Lipinski definition) is 6. The largest absolute Gasteiger partial charge is 0.469 e. The van der Waals surface area contributed by atoms with Gasteiger partial charge in [-0.05, 0) is 34.5 Å². The molecular formula is C20H19N3O5S. The summed E-state index contributed by atoms with van der Waals surface area (Å²) in [6.07, 6.45) is 0. The number of hydrogen-bond donors (Lipinski definition) is 1. The Morgan fingerprint density at radius 1 is 1.21 bits per heavy atom. The number of ether oxygens (including phenoxy) is 1. The fraction of sp³-hybridized carbons (Fsp3) is 0.300. The summed E-state index contributed by atoms with van der Waals surface area (Å²) in [7, 11) is 1.33. The number of nitrogens with zero attached hydrogens (tertiary/aromatic N) is 2. The van der Waals surface area contributed by atoms with E-state index in [-0.39, 0.29) is 30.9 Å². The second-order valence-electron chi connectivity index (χ2n) is 6.96. The van der Waals surface area contributed by atoms with Gasteiger partial charge in [0.15, 0.2) is 0 Å². The lowest BCUT2D eigenvalue weighted by molar-refractivity contribution is -0.145. The summed E-state index contributed by atoms with van der Waals surface area (Å²) in [4.78, 5) is 54.3. The van der Waals surface area contributed by atoms with Crippen molar-refractivity contribution in [2.24, 2.45) is 5.92 Å². The number of fused-ring (bicyclic) bond motifs is 1. The summed E-state index contributed by atoms with van der Waals surface area (Å²) in [5.41, 5.74) is 0.244. The van der Waals surface area contributed by atoms with Crippen LogP contribution in [0.4, 0.5) is 0 Å². The van der Waals surface area contributed by atoms with Crippen molar-refractivity contribution < 1.29 is 14.3 Å². The van der Waals surface area contributed by atoms with Gasteiger partial charge in [-0.1, -0.05) is 12.1 Å². The highest BCUT2D eigenvalue weighted by molar-refractivity contribution is 7.08. The van der Waals surface area contributed by atoms with Crippen LogP contribution in [-0.2, 0) is 20.9 Å². The topological polar surface area (TPSA) is 101 Å². The standard InChI is InChI=1S/C20H19N3O5S/c1-28-19(26)15-9-22(8-14(15)12-6-7-29-11-12)17(24)10-23-18(25)13-4-2-3-5-16(13)21-20(23)27/h2-7,11,14-15H,8-10H2,1H3,(H,21,27)/t14-,15+/m1/s1. The van der Waals surface area contributed by atoms with Gasteiger partial charge >= 0.3 is 11.7 Å². The number of amides is 1. The minimum Gasteiger partial charge on any atom is -0.469 e. The van der Waals surface area contributed by atoms with Crippen molar-refractivity contribution in [2.45, 2.75) is 12.5 Å². The predicted molar refractivity (Wildman–Crippen MR) is 108 cm³/mol. The number of benzene rings is 1. The normalized spacial score (nSPS) is 18.9. The number of H-pyrrole nitrogens is 1. The number of likely N-dealkylation sites (tertiary alicyclic amines) is 1. The van der Waals surface area contributed by atoms with Gasteiger partial charge < -0.3 is 14.6 Å². The maximum Gasteiger partial charge on any atom is 0.329 e. The van der Waals surface area contributed by atoms with E-state index in [1.54, 1.807) is 24.3 Å². The summed E-state index contributed by atoms with van der Waals surface area (Å²) >= 11 is 1.52. The number of aromatic amines is 1. The molecule has 0 unspecified atom stereocenters. The number of thiophene rings is 1. The van der Waals surface area contributed by atoms with Gasteiger partial charge in [0.2, 0.25) is 5.91 Å². The molecule has 150 valence electrons. The van der Waals surface area contributed by atoms with Crippen molar-refractivity contribution in [1.82, 2.24) is 14.5 Å². The Bertz CT molecular complexity index is 1180. The van der Waals surface area contributed by atoms with Crippen LogP contribution >= 0.6 is 11.3 Å².